The molecule has 0 saturated heterocycles. The van der Waals surface area contributed by atoms with E-state index in [1.54, 1.807) is 0 Å². The zero-order chi connectivity index (χ0) is 9.80. The van der Waals surface area contributed by atoms with Crippen molar-refractivity contribution >= 4 is 11.9 Å². The van der Waals surface area contributed by atoms with Gasteiger partial charge in [-0.3, -0.25) is 0 Å². The van der Waals surface area contributed by atoms with Crippen molar-refractivity contribution in [2.75, 3.05) is 11.1 Å². The van der Waals surface area contributed by atoms with Gasteiger partial charge in [0.25, 0.3) is 0 Å². The Labute approximate surface area is 83.2 Å². The summed E-state index contributed by atoms with van der Waals surface area (Å²) in [7, 11) is 0. The summed E-state index contributed by atoms with van der Waals surface area (Å²) in [6.07, 6.45) is 7.76. The van der Waals surface area contributed by atoms with Crippen LogP contribution in [0.15, 0.2) is 6.33 Å². The molecule has 5 nitrogen and oxygen atoms in total. The topological polar surface area (TPSA) is 76.7 Å². The van der Waals surface area contributed by atoms with Crippen molar-refractivity contribution in [1.29, 1.82) is 0 Å². The molecule has 0 bridgehead atoms. The Morgan fingerprint density at radius 3 is 2.71 bits per heavy atom. The number of rotatable bonds is 2. The number of anilines is 2. The van der Waals surface area contributed by atoms with Gasteiger partial charge in [0, 0.05) is 6.04 Å². The number of aromatic nitrogens is 3. The Kier molecular flexibility index (Phi) is 2.76. The van der Waals surface area contributed by atoms with Gasteiger partial charge < -0.3 is 11.1 Å². The van der Waals surface area contributed by atoms with Crippen LogP contribution in [0.5, 0.6) is 0 Å². The highest BCUT2D eigenvalue weighted by atomic mass is 15.2. The van der Waals surface area contributed by atoms with Crippen LogP contribution in [0.4, 0.5) is 11.9 Å². The fourth-order valence-electron chi connectivity index (χ4n) is 1.81. The molecule has 14 heavy (non-hydrogen) atoms. The molecule has 1 aromatic rings. The molecule has 2 rings (SSSR count). The van der Waals surface area contributed by atoms with Gasteiger partial charge in [0.05, 0.1) is 0 Å². The molecular formula is C9H15N5. The quantitative estimate of drug-likeness (QED) is 0.738. The monoisotopic (exact) mass is 193 g/mol. The van der Waals surface area contributed by atoms with E-state index in [1.165, 1.54) is 38.4 Å². The lowest BCUT2D eigenvalue weighted by Crippen LogP contribution is -2.23. The first-order valence-corrected chi connectivity index (χ1v) is 5.05. The molecular weight excluding hydrogens is 178 g/mol. The van der Waals surface area contributed by atoms with E-state index in [4.69, 9.17) is 5.73 Å². The van der Waals surface area contributed by atoms with E-state index >= 15 is 0 Å². The summed E-state index contributed by atoms with van der Waals surface area (Å²) < 4.78 is 0. The molecule has 76 valence electrons. The Bertz CT molecular complexity index is 295. The fourth-order valence-corrected chi connectivity index (χ4v) is 1.81. The number of nitrogens with zero attached hydrogens (tertiary/aromatic N) is 3. The van der Waals surface area contributed by atoms with E-state index in [0.29, 0.717) is 12.0 Å². The van der Waals surface area contributed by atoms with Gasteiger partial charge in [-0.05, 0) is 12.8 Å². The summed E-state index contributed by atoms with van der Waals surface area (Å²) in [5, 5.41) is 3.28. The SMILES string of the molecule is Nc1ncnc(NC2CCCCC2)n1. The number of nitrogen functional groups attached to an aromatic ring is 1. The van der Waals surface area contributed by atoms with Gasteiger partial charge in [0.15, 0.2) is 0 Å². The molecule has 1 aliphatic carbocycles. The number of nitrogens with one attached hydrogen (secondary N) is 1. The first kappa shape index (κ1) is 9.18. The zero-order valence-electron chi connectivity index (χ0n) is 8.11. The van der Waals surface area contributed by atoms with Crippen molar-refractivity contribution in [3.8, 4) is 0 Å². The van der Waals surface area contributed by atoms with Crippen LogP contribution in [-0.2, 0) is 0 Å². The molecule has 0 spiro atoms. The maximum absolute atomic E-state index is 5.46. The van der Waals surface area contributed by atoms with Crippen molar-refractivity contribution in [2.24, 2.45) is 0 Å². The van der Waals surface area contributed by atoms with Crippen LogP contribution in [0, 0.1) is 0 Å². The average Bonchev–Trinajstić information content (AvgIpc) is 2.19. The highest BCUT2D eigenvalue weighted by Crippen LogP contribution is 2.19. The van der Waals surface area contributed by atoms with Crippen LogP contribution >= 0.6 is 0 Å². The number of hydrogen-bond donors (Lipinski definition) is 2. The maximum atomic E-state index is 5.46. The van der Waals surface area contributed by atoms with Crippen LogP contribution < -0.4 is 11.1 Å². The van der Waals surface area contributed by atoms with Crippen molar-refractivity contribution < 1.29 is 0 Å². The first-order valence-electron chi connectivity index (χ1n) is 5.05. The Morgan fingerprint density at radius 1 is 1.21 bits per heavy atom. The Morgan fingerprint density at radius 2 is 2.00 bits per heavy atom. The molecule has 1 heterocycles. The lowest BCUT2D eigenvalue weighted by Gasteiger charge is -2.22. The minimum Gasteiger partial charge on any atom is -0.368 e. The summed E-state index contributed by atoms with van der Waals surface area (Å²) in [5.41, 5.74) is 5.46. The summed E-state index contributed by atoms with van der Waals surface area (Å²) in [5.74, 6) is 0.878. The van der Waals surface area contributed by atoms with E-state index in [2.05, 4.69) is 20.3 Å². The van der Waals surface area contributed by atoms with Gasteiger partial charge in [0.2, 0.25) is 11.9 Å². The van der Waals surface area contributed by atoms with Gasteiger partial charge in [-0.2, -0.15) is 4.98 Å². The fraction of sp³-hybridized carbons (Fsp3) is 0.667. The highest BCUT2D eigenvalue weighted by Gasteiger charge is 2.13. The van der Waals surface area contributed by atoms with Gasteiger partial charge in [-0.1, -0.05) is 19.3 Å². The molecule has 3 N–H and O–H groups in total. The second-order valence-electron chi connectivity index (χ2n) is 3.65. The molecule has 0 radical (unpaired) electrons. The second kappa shape index (κ2) is 4.21. The van der Waals surface area contributed by atoms with E-state index in [1.807, 2.05) is 0 Å². The van der Waals surface area contributed by atoms with Crippen LogP contribution in [0.2, 0.25) is 0 Å². The molecule has 1 aliphatic rings. The van der Waals surface area contributed by atoms with Crippen molar-refractivity contribution in [2.45, 2.75) is 38.1 Å². The van der Waals surface area contributed by atoms with Crippen molar-refractivity contribution in [3.05, 3.63) is 6.33 Å². The maximum Gasteiger partial charge on any atom is 0.227 e. The van der Waals surface area contributed by atoms with Crippen LogP contribution in [-0.4, -0.2) is 21.0 Å². The summed E-state index contributed by atoms with van der Waals surface area (Å²) in [6, 6.07) is 0.505. The Hall–Kier alpha value is -1.39. The Balaban J connectivity index is 1.95. The highest BCUT2D eigenvalue weighted by molar-refractivity contribution is 5.30. The standard InChI is InChI=1S/C9H15N5/c10-8-11-6-12-9(14-8)13-7-4-2-1-3-5-7/h6-7H,1-5H2,(H3,10,11,12,13,14). The van der Waals surface area contributed by atoms with E-state index in [9.17, 15) is 0 Å². The largest absolute Gasteiger partial charge is 0.368 e. The van der Waals surface area contributed by atoms with Crippen LogP contribution in [0.3, 0.4) is 0 Å². The van der Waals surface area contributed by atoms with Gasteiger partial charge in [0.1, 0.15) is 6.33 Å². The second-order valence-corrected chi connectivity index (χ2v) is 3.65. The summed E-state index contributed by atoms with van der Waals surface area (Å²) in [6.45, 7) is 0. The third kappa shape index (κ3) is 2.31. The van der Waals surface area contributed by atoms with Gasteiger partial charge in [-0.15, -0.1) is 0 Å². The minimum atomic E-state index is 0.276. The van der Waals surface area contributed by atoms with Crippen molar-refractivity contribution in [1.82, 2.24) is 15.0 Å². The number of hydrogen-bond acceptors (Lipinski definition) is 5. The first-order chi connectivity index (χ1) is 6.84. The third-order valence-electron chi connectivity index (χ3n) is 2.53. The molecule has 0 aromatic carbocycles. The predicted molar refractivity (Wildman–Crippen MR) is 54.7 cm³/mol. The summed E-state index contributed by atoms with van der Waals surface area (Å²) >= 11 is 0. The lowest BCUT2D eigenvalue weighted by atomic mass is 9.96. The van der Waals surface area contributed by atoms with Gasteiger partial charge in [-0.25, -0.2) is 9.97 Å². The molecule has 1 fully saturated rings. The minimum absolute atomic E-state index is 0.276. The van der Waals surface area contributed by atoms with E-state index in [-0.39, 0.29) is 5.95 Å². The zero-order valence-corrected chi connectivity index (χ0v) is 8.11. The van der Waals surface area contributed by atoms with Gasteiger partial charge >= 0.3 is 0 Å². The predicted octanol–water partition coefficient (Wildman–Crippen LogP) is 1.20. The van der Waals surface area contributed by atoms with Crippen LogP contribution in [0.25, 0.3) is 0 Å². The molecule has 0 atom stereocenters. The molecule has 1 saturated carbocycles. The third-order valence-corrected chi connectivity index (χ3v) is 2.53. The molecule has 0 unspecified atom stereocenters. The van der Waals surface area contributed by atoms with Crippen LogP contribution in [0.1, 0.15) is 32.1 Å². The lowest BCUT2D eigenvalue weighted by molar-refractivity contribution is 0.461. The van der Waals surface area contributed by atoms with Crippen molar-refractivity contribution in [3.63, 3.8) is 0 Å². The molecule has 1 aromatic heterocycles. The molecule has 5 heteroatoms. The molecule has 0 amide bonds. The average molecular weight is 193 g/mol. The normalized spacial score (nSPS) is 18.0. The summed E-state index contributed by atoms with van der Waals surface area (Å²) in [4.78, 5) is 11.8. The number of nitrogens with two attached hydrogens (primary N) is 1. The van der Waals surface area contributed by atoms with E-state index < -0.39 is 0 Å². The van der Waals surface area contributed by atoms with E-state index in [0.717, 1.165) is 0 Å². The molecule has 0 aliphatic heterocycles. The smallest absolute Gasteiger partial charge is 0.227 e.